The molecule has 1 unspecified atom stereocenters. The molecule has 0 radical (unpaired) electrons. The van der Waals surface area contributed by atoms with E-state index >= 15 is 0 Å². The van der Waals surface area contributed by atoms with Gasteiger partial charge in [0.1, 0.15) is 0 Å². The maximum absolute atomic E-state index is 12.3. The Balaban J connectivity index is 1.42. The molecular formula is C19H29N3O. The van der Waals surface area contributed by atoms with Crippen molar-refractivity contribution < 1.29 is 4.79 Å². The minimum absolute atomic E-state index is 0.330. The third kappa shape index (κ3) is 5.05. The molecule has 0 spiro atoms. The predicted molar refractivity (Wildman–Crippen MR) is 93.4 cm³/mol. The summed E-state index contributed by atoms with van der Waals surface area (Å²) in [5, 5.41) is 3.30. The van der Waals surface area contributed by atoms with E-state index in [4.69, 9.17) is 0 Å². The number of piperidine rings is 1. The van der Waals surface area contributed by atoms with E-state index in [9.17, 15) is 4.79 Å². The molecule has 2 saturated heterocycles. The van der Waals surface area contributed by atoms with Gasteiger partial charge in [0.05, 0.1) is 0 Å². The number of nitrogens with zero attached hydrogens (tertiary/aromatic N) is 2. The SMILES string of the molecule is O=C(CCN1CCCC(Cc2ccccc2)C1)N1CCNCC1. The maximum Gasteiger partial charge on any atom is 0.223 e. The summed E-state index contributed by atoms with van der Waals surface area (Å²) in [6.45, 7) is 6.84. The van der Waals surface area contributed by atoms with Gasteiger partial charge in [0.15, 0.2) is 0 Å². The number of carbonyl (C=O) groups excluding carboxylic acids is 1. The topological polar surface area (TPSA) is 35.6 Å². The van der Waals surface area contributed by atoms with Gasteiger partial charge in [-0.2, -0.15) is 0 Å². The average Bonchev–Trinajstić information content (AvgIpc) is 2.62. The second-order valence-electron chi connectivity index (χ2n) is 6.88. The van der Waals surface area contributed by atoms with Crippen LogP contribution in [0.5, 0.6) is 0 Å². The fourth-order valence-corrected chi connectivity index (χ4v) is 3.79. The van der Waals surface area contributed by atoms with Crippen LogP contribution in [0.15, 0.2) is 30.3 Å². The first-order valence-corrected chi connectivity index (χ1v) is 9.06. The lowest BCUT2D eigenvalue weighted by molar-refractivity contribution is -0.132. The Morgan fingerprint density at radius 3 is 2.70 bits per heavy atom. The standard InChI is InChI=1S/C19H29N3O/c23-19(22-13-9-20-10-14-22)8-12-21-11-4-7-18(16-21)15-17-5-2-1-3-6-17/h1-3,5-6,18,20H,4,7-16H2. The summed E-state index contributed by atoms with van der Waals surface area (Å²) in [5.41, 5.74) is 1.44. The van der Waals surface area contributed by atoms with Crippen LogP contribution < -0.4 is 5.32 Å². The largest absolute Gasteiger partial charge is 0.340 e. The molecule has 4 heteroatoms. The van der Waals surface area contributed by atoms with Crippen molar-refractivity contribution in [3.63, 3.8) is 0 Å². The number of rotatable bonds is 5. The molecule has 1 atom stereocenters. The number of likely N-dealkylation sites (tertiary alicyclic amines) is 1. The third-order valence-corrected chi connectivity index (χ3v) is 5.08. The molecule has 4 nitrogen and oxygen atoms in total. The second-order valence-corrected chi connectivity index (χ2v) is 6.88. The maximum atomic E-state index is 12.3. The van der Waals surface area contributed by atoms with Crippen LogP contribution in [0.1, 0.15) is 24.8 Å². The Labute approximate surface area is 139 Å². The van der Waals surface area contributed by atoms with E-state index < -0.39 is 0 Å². The van der Waals surface area contributed by atoms with Crippen molar-refractivity contribution in [2.45, 2.75) is 25.7 Å². The van der Waals surface area contributed by atoms with Crippen molar-refractivity contribution >= 4 is 5.91 Å². The summed E-state index contributed by atoms with van der Waals surface area (Å²) in [4.78, 5) is 16.8. The lowest BCUT2D eigenvalue weighted by Gasteiger charge is -2.33. The van der Waals surface area contributed by atoms with Crippen LogP contribution in [0.3, 0.4) is 0 Å². The zero-order valence-corrected chi connectivity index (χ0v) is 14.0. The third-order valence-electron chi connectivity index (χ3n) is 5.08. The first-order valence-electron chi connectivity index (χ1n) is 9.06. The number of hydrogen-bond donors (Lipinski definition) is 1. The van der Waals surface area contributed by atoms with Gasteiger partial charge in [0, 0.05) is 45.7 Å². The van der Waals surface area contributed by atoms with Gasteiger partial charge in [0.2, 0.25) is 5.91 Å². The highest BCUT2D eigenvalue weighted by molar-refractivity contribution is 5.76. The highest BCUT2D eigenvalue weighted by Gasteiger charge is 2.22. The lowest BCUT2D eigenvalue weighted by atomic mass is 9.91. The quantitative estimate of drug-likeness (QED) is 0.899. The molecule has 1 aromatic carbocycles. The van der Waals surface area contributed by atoms with Crippen molar-refractivity contribution in [2.24, 2.45) is 5.92 Å². The molecule has 2 fully saturated rings. The van der Waals surface area contributed by atoms with Crippen LogP contribution in [0.25, 0.3) is 0 Å². The van der Waals surface area contributed by atoms with Crippen LogP contribution in [0.2, 0.25) is 0 Å². The summed E-state index contributed by atoms with van der Waals surface area (Å²) < 4.78 is 0. The number of hydrogen-bond acceptors (Lipinski definition) is 3. The minimum atomic E-state index is 0.330. The van der Waals surface area contributed by atoms with Crippen molar-refractivity contribution in [1.82, 2.24) is 15.1 Å². The molecular weight excluding hydrogens is 286 g/mol. The van der Waals surface area contributed by atoms with E-state index in [1.807, 2.05) is 4.90 Å². The van der Waals surface area contributed by atoms with Gasteiger partial charge in [-0.05, 0) is 37.3 Å². The highest BCUT2D eigenvalue weighted by Crippen LogP contribution is 2.21. The first kappa shape index (κ1) is 16.5. The van der Waals surface area contributed by atoms with Crippen LogP contribution in [-0.2, 0) is 11.2 Å². The number of carbonyl (C=O) groups is 1. The fraction of sp³-hybridized carbons (Fsp3) is 0.632. The van der Waals surface area contributed by atoms with E-state index in [1.165, 1.54) is 24.8 Å². The molecule has 2 heterocycles. The number of nitrogens with one attached hydrogen (secondary N) is 1. The van der Waals surface area contributed by atoms with Crippen LogP contribution in [0, 0.1) is 5.92 Å². The van der Waals surface area contributed by atoms with Crippen molar-refractivity contribution in [1.29, 1.82) is 0 Å². The smallest absolute Gasteiger partial charge is 0.223 e. The van der Waals surface area contributed by atoms with E-state index in [2.05, 4.69) is 40.5 Å². The Bertz CT molecular complexity index is 485. The van der Waals surface area contributed by atoms with Gasteiger partial charge in [-0.15, -0.1) is 0 Å². The van der Waals surface area contributed by atoms with Gasteiger partial charge in [-0.25, -0.2) is 0 Å². The van der Waals surface area contributed by atoms with Crippen molar-refractivity contribution in [3.05, 3.63) is 35.9 Å². The average molecular weight is 315 g/mol. The molecule has 0 saturated carbocycles. The van der Waals surface area contributed by atoms with Crippen molar-refractivity contribution in [3.8, 4) is 0 Å². The molecule has 1 N–H and O–H groups in total. The highest BCUT2D eigenvalue weighted by atomic mass is 16.2. The Morgan fingerprint density at radius 1 is 1.13 bits per heavy atom. The molecule has 2 aliphatic heterocycles. The molecule has 1 amide bonds. The second kappa shape index (κ2) is 8.46. The lowest BCUT2D eigenvalue weighted by Crippen LogP contribution is -2.47. The van der Waals surface area contributed by atoms with Crippen LogP contribution in [-0.4, -0.2) is 61.5 Å². The number of piperazine rings is 1. The van der Waals surface area contributed by atoms with Crippen molar-refractivity contribution in [2.75, 3.05) is 45.8 Å². The molecule has 126 valence electrons. The normalized spacial score (nSPS) is 23.0. The molecule has 3 rings (SSSR count). The van der Waals surface area contributed by atoms with Gasteiger partial charge in [0.25, 0.3) is 0 Å². The Hall–Kier alpha value is -1.39. The molecule has 0 aromatic heterocycles. The summed E-state index contributed by atoms with van der Waals surface area (Å²) in [7, 11) is 0. The monoisotopic (exact) mass is 315 g/mol. The summed E-state index contributed by atoms with van der Waals surface area (Å²) in [6, 6.07) is 10.8. The van der Waals surface area contributed by atoms with E-state index in [1.54, 1.807) is 0 Å². The first-order chi connectivity index (χ1) is 11.3. The molecule has 23 heavy (non-hydrogen) atoms. The Kier molecular flexibility index (Phi) is 6.06. The minimum Gasteiger partial charge on any atom is -0.340 e. The zero-order chi connectivity index (χ0) is 15.9. The van der Waals surface area contributed by atoms with Gasteiger partial charge in [-0.3, -0.25) is 4.79 Å². The number of amides is 1. The van der Waals surface area contributed by atoms with E-state index in [0.29, 0.717) is 12.3 Å². The fourth-order valence-electron chi connectivity index (χ4n) is 3.79. The molecule has 0 bridgehead atoms. The predicted octanol–water partition coefficient (Wildman–Crippen LogP) is 1.76. The summed E-state index contributed by atoms with van der Waals surface area (Å²) in [5.74, 6) is 1.07. The molecule has 0 aliphatic carbocycles. The van der Waals surface area contributed by atoms with Gasteiger partial charge < -0.3 is 15.1 Å². The van der Waals surface area contributed by atoms with Gasteiger partial charge in [-0.1, -0.05) is 30.3 Å². The molecule has 2 aliphatic rings. The van der Waals surface area contributed by atoms with E-state index in [0.717, 1.165) is 51.7 Å². The molecule has 1 aromatic rings. The number of benzene rings is 1. The van der Waals surface area contributed by atoms with Crippen LogP contribution >= 0.6 is 0 Å². The Morgan fingerprint density at radius 2 is 1.91 bits per heavy atom. The summed E-state index contributed by atoms with van der Waals surface area (Å²) >= 11 is 0. The van der Waals surface area contributed by atoms with E-state index in [-0.39, 0.29) is 0 Å². The zero-order valence-electron chi connectivity index (χ0n) is 14.0. The summed E-state index contributed by atoms with van der Waals surface area (Å²) in [6.07, 6.45) is 4.43. The van der Waals surface area contributed by atoms with Gasteiger partial charge >= 0.3 is 0 Å². The van der Waals surface area contributed by atoms with Crippen LogP contribution in [0.4, 0.5) is 0 Å².